The highest BCUT2D eigenvalue weighted by Crippen LogP contribution is 2.27. The molecular weight excluding hydrogens is 338 g/mol. The summed E-state index contributed by atoms with van der Waals surface area (Å²) >= 11 is 0. The van der Waals surface area contributed by atoms with Crippen molar-refractivity contribution < 1.29 is 23.2 Å². The van der Waals surface area contributed by atoms with Crippen LogP contribution in [0.15, 0.2) is 24.4 Å². The van der Waals surface area contributed by atoms with Crippen LogP contribution in [0.2, 0.25) is 0 Å². The maximum atomic E-state index is 12.4. The van der Waals surface area contributed by atoms with Crippen molar-refractivity contribution in [3.8, 4) is 5.75 Å². The average Bonchev–Trinajstić information content (AvgIpc) is 2.88. The van der Waals surface area contributed by atoms with Gasteiger partial charge < -0.3 is 10.1 Å². The number of carbonyl (C=O) groups excluding carboxylic acids is 1. The van der Waals surface area contributed by atoms with E-state index in [2.05, 4.69) is 15.2 Å². The number of carbonyl (C=O) groups is 1. The van der Waals surface area contributed by atoms with E-state index in [0.29, 0.717) is 11.3 Å². The fourth-order valence-electron chi connectivity index (χ4n) is 2.19. The SMILES string of the molecule is Cc1ccc(NC(=O)CCn2ncc([N+](=O)[O-])c2C)c(OC(F)F)c1. The number of benzene rings is 1. The van der Waals surface area contributed by atoms with Crippen LogP contribution < -0.4 is 10.1 Å². The maximum Gasteiger partial charge on any atom is 0.387 e. The molecule has 0 unspecified atom stereocenters. The third kappa shape index (κ3) is 4.72. The highest BCUT2D eigenvalue weighted by Gasteiger charge is 2.17. The summed E-state index contributed by atoms with van der Waals surface area (Å²) in [4.78, 5) is 22.2. The Morgan fingerprint density at radius 1 is 1.44 bits per heavy atom. The number of nitro groups is 1. The number of halogens is 2. The number of nitrogens with one attached hydrogen (secondary N) is 1. The third-order valence-corrected chi connectivity index (χ3v) is 3.45. The van der Waals surface area contributed by atoms with Gasteiger partial charge in [0.15, 0.2) is 0 Å². The molecule has 2 rings (SSSR count). The van der Waals surface area contributed by atoms with E-state index < -0.39 is 17.4 Å². The van der Waals surface area contributed by atoms with Crippen molar-refractivity contribution >= 4 is 17.3 Å². The zero-order chi connectivity index (χ0) is 18.6. The monoisotopic (exact) mass is 354 g/mol. The molecule has 0 aliphatic heterocycles. The predicted octanol–water partition coefficient (Wildman–Crippen LogP) is 3.04. The zero-order valence-electron chi connectivity index (χ0n) is 13.5. The molecule has 0 atom stereocenters. The van der Waals surface area contributed by atoms with Crippen LogP contribution in [0.25, 0.3) is 0 Å². The van der Waals surface area contributed by atoms with Crippen molar-refractivity contribution in [2.45, 2.75) is 33.4 Å². The quantitative estimate of drug-likeness (QED) is 0.608. The lowest BCUT2D eigenvalue weighted by Gasteiger charge is -2.13. The molecule has 1 heterocycles. The summed E-state index contributed by atoms with van der Waals surface area (Å²) < 4.78 is 30.6. The van der Waals surface area contributed by atoms with Crippen LogP contribution in [0.5, 0.6) is 5.75 Å². The zero-order valence-corrected chi connectivity index (χ0v) is 13.5. The van der Waals surface area contributed by atoms with Gasteiger partial charge in [0, 0.05) is 6.42 Å². The number of alkyl halides is 2. The molecule has 8 nitrogen and oxygen atoms in total. The Labute approximate surface area is 141 Å². The van der Waals surface area contributed by atoms with Gasteiger partial charge >= 0.3 is 12.3 Å². The Morgan fingerprint density at radius 2 is 2.16 bits per heavy atom. The first-order valence-electron chi connectivity index (χ1n) is 7.30. The molecule has 0 saturated heterocycles. The molecule has 0 aliphatic carbocycles. The van der Waals surface area contributed by atoms with Crippen molar-refractivity contribution in [2.24, 2.45) is 0 Å². The first kappa shape index (κ1) is 18.3. The number of hydrogen-bond donors (Lipinski definition) is 1. The second-order valence-corrected chi connectivity index (χ2v) is 5.27. The van der Waals surface area contributed by atoms with E-state index in [0.717, 1.165) is 6.20 Å². The van der Waals surface area contributed by atoms with Crippen LogP contribution in [-0.2, 0) is 11.3 Å². The molecule has 0 bridgehead atoms. The Bertz CT molecular complexity index is 792. The molecule has 0 spiro atoms. The van der Waals surface area contributed by atoms with Crippen LogP contribution in [0.1, 0.15) is 17.7 Å². The van der Waals surface area contributed by atoms with Gasteiger partial charge in [-0.05, 0) is 31.5 Å². The second-order valence-electron chi connectivity index (χ2n) is 5.27. The number of nitrogens with zero attached hydrogens (tertiary/aromatic N) is 3. The number of anilines is 1. The van der Waals surface area contributed by atoms with E-state index in [9.17, 15) is 23.7 Å². The molecule has 0 saturated carbocycles. The van der Waals surface area contributed by atoms with Gasteiger partial charge in [-0.15, -0.1) is 0 Å². The van der Waals surface area contributed by atoms with Crippen molar-refractivity contribution in [2.75, 3.05) is 5.32 Å². The number of amides is 1. The van der Waals surface area contributed by atoms with Crippen LogP contribution >= 0.6 is 0 Å². The summed E-state index contributed by atoms with van der Waals surface area (Å²) in [6.45, 7) is 0.335. The summed E-state index contributed by atoms with van der Waals surface area (Å²) in [5, 5.41) is 17.1. The van der Waals surface area contributed by atoms with E-state index in [4.69, 9.17) is 0 Å². The highest BCUT2D eigenvalue weighted by molar-refractivity contribution is 5.92. The van der Waals surface area contributed by atoms with Crippen LogP contribution in [-0.4, -0.2) is 27.2 Å². The lowest BCUT2D eigenvalue weighted by atomic mass is 10.2. The molecule has 1 N–H and O–H groups in total. The summed E-state index contributed by atoms with van der Waals surface area (Å²) in [7, 11) is 0. The van der Waals surface area contributed by atoms with Gasteiger partial charge in [-0.25, -0.2) is 0 Å². The van der Waals surface area contributed by atoms with Crippen LogP contribution in [0.4, 0.5) is 20.2 Å². The average molecular weight is 354 g/mol. The largest absolute Gasteiger partial charge is 0.433 e. The standard InChI is InChI=1S/C15H16F2N4O4/c1-9-3-4-11(13(7-9)25-15(16)17)19-14(22)5-6-20-10(2)12(8-18-20)21(23)24/h3-4,7-8,15H,5-6H2,1-2H3,(H,19,22). The molecule has 25 heavy (non-hydrogen) atoms. The molecule has 1 amide bonds. The molecule has 2 aromatic rings. The molecule has 0 aliphatic rings. The minimum atomic E-state index is -3.01. The van der Waals surface area contributed by atoms with E-state index in [1.165, 1.54) is 23.7 Å². The van der Waals surface area contributed by atoms with Gasteiger partial charge in [0.25, 0.3) is 0 Å². The van der Waals surface area contributed by atoms with Gasteiger partial charge in [0.05, 0.1) is 17.2 Å². The number of aryl methyl sites for hydroxylation is 2. The first-order valence-corrected chi connectivity index (χ1v) is 7.30. The van der Waals surface area contributed by atoms with E-state index >= 15 is 0 Å². The fraction of sp³-hybridized carbons (Fsp3) is 0.333. The summed E-state index contributed by atoms with van der Waals surface area (Å²) in [6, 6.07) is 4.51. The highest BCUT2D eigenvalue weighted by atomic mass is 19.3. The molecule has 1 aromatic heterocycles. The van der Waals surface area contributed by atoms with Gasteiger partial charge in [-0.2, -0.15) is 13.9 Å². The smallest absolute Gasteiger partial charge is 0.387 e. The lowest BCUT2D eigenvalue weighted by Crippen LogP contribution is -2.17. The Balaban J connectivity index is 2.02. The Hall–Kier alpha value is -3.04. The second kappa shape index (κ2) is 7.69. The van der Waals surface area contributed by atoms with E-state index in [1.54, 1.807) is 13.0 Å². The normalized spacial score (nSPS) is 10.8. The van der Waals surface area contributed by atoms with Crippen molar-refractivity contribution in [3.63, 3.8) is 0 Å². The topological polar surface area (TPSA) is 99.3 Å². The molecule has 134 valence electrons. The minimum Gasteiger partial charge on any atom is -0.433 e. The predicted molar refractivity (Wildman–Crippen MR) is 84.7 cm³/mol. The Kier molecular flexibility index (Phi) is 5.63. The van der Waals surface area contributed by atoms with Crippen molar-refractivity contribution in [3.05, 3.63) is 45.8 Å². The third-order valence-electron chi connectivity index (χ3n) is 3.45. The molecule has 0 fully saturated rings. The molecular formula is C15H16F2N4O4. The van der Waals surface area contributed by atoms with E-state index in [1.807, 2.05) is 0 Å². The molecule has 0 radical (unpaired) electrons. The summed E-state index contributed by atoms with van der Waals surface area (Å²) in [5.74, 6) is -0.588. The first-order chi connectivity index (χ1) is 11.8. The molecule has 10 heteroatoms. The van der Waals surface area contributed by atoms with Gasteiger partial charge in [0.2, 0.25) is 5.91 Å². The maximum absolute atomic E-state index is 12.4. The van der Waals surface area contributed by atoms with Crippen LogP contribution in [0.3, 0.4) is 0 Å². The van der Waals surface area contributed by atoms with Gasteiger partial charge in [-0.1, -0.05) is 6.07 Å². The Morgan fingerprint density at radius 3 is 2.76 bits per heavy atom. The number of ether oxygens (including phenoxy) is 1. The van der Waals surface area contributed by atoms with E-state index in [-0.39, 0.29) is 30.1 Å². The van der Waals surface area contributed by atoms with Crippen molar-refractivity contribution in [1.29, 1.82) is 0 Å². The number of rotatable bonds is 7. The summed E-state index contributed by atoms with van der Waals surface area (Å²) in [5.41, 5.74) is 1.02. The minimum absolute atomic E-state index is 0.0400. The van der Waals surface area contributed by atoms with Crippen LogP contribution in [0, 0.1) is 24.0 Å². The van der Waals surface area contributed by atoms with Gasteiger partial charge in [-0.3, -0.25) is 19.6 Å². The molecule has 1 aromatic carbocycles. The van der Waals surface area contributed by atoms with Gasteiger partial charge in [0.1, 0.15) is 17.6 Å². The number of hydrogen-bond acceptors (Lipinski definition) is 5. The lowest BCUT2D eigenvalue weighted by molar-refractivity contribution is -0.385. The van der Waals surface area contributed by atoms with Crippen molar-refractivity contribution in [1.82, 2.24) is 9.78 Å². The summed E-state index contributed by atoms with van der Waals surface area (Å²) in [6.07, 6.45) is 1.07. The fourth-order valence-corrected chi connectivity index (χ4v) is 2.19. The number of aromatic nitrogens is 2.